The van der Waals surface area contributed by atoms with Gasteiger partial charge in [-0.15, -0.1) is 0 Å². The fourth-order valence-corrected chi connectivity index (χ4v) is 2.12. The Morgan fingerprint density at radius 1 is 1.35 bits per heavy atom. The Hall–Kier alpha value is -1.95. The minimum Gasteiger partial charge on any atom is -0.411 e. The van der Waals surface area contributed by atoms with E-state index in [1.54, 1.807) is 0 Å². The first-order valence-electron chi connectivity index (χ1n) is 6.54. The standard InChI is InChI=1S/C14H17FN2O3/c15-10-1-3-11(4-2-10)16-14(18)9-20-13-7-5-12(17-19)6-8-13/h1-4,13,19H,5-9H2,(H,16,18). The molecule has 0 heterocycles. The third-order valence-electron chi connectivity index (χ3n) is 3.23. The van der Waals surface area contributed by atoms with Crippen LogP contribution < -0.4 is 5.32 Å². The van der Waals surface area contributed by atoms with E-state index < -0.39 is 0 Å². The fourth-order valence-electron chi connectivity index (χ4n) is 2.12. The van der Waals surface area contributed by atoms with Crippen molar-refractivity contribution in [1.82, 2.24) is 0 Å². The number of nitrogens with one attached hydrogen (secondary N) is 1. The first kappa shape index (κ1) is 14.5. The van der Waals surface area contributed by atoms with Gasteiger partial charge in [0.05, 0.1) is 11.8 Å². The Labute approximate surface area is 116 Å². The summed E-state index contributed by atoms with van der Waals surface area (Å²) in [7, 11) is 0. The van der Waals surface area contributed by atoms with Crippen LogP contribution in [0.4, 0.5) is 10.1 Å². The molecule has 0 aromatic heterocycles. The van der Waals surface area contributed by atoms with E-state index in [4.69, 9.17) is 9.94 Å². The zero-order valence-electron chi connectivity index (χ0n) is 11.0. The molecule has 2 N–H and O–H groups in total. The van der Waals surface area contributed by atoms with Crippen LogP contribution in [0, 0.1) is 5.82 Å². The minimum absolute atomic E-state index is 0.0134. The van der Waals surface area contributed by atoms with Crippen molar-refractivity contribution >= 4 is 17.3 Å². The summed E-state index contributed by atoms with van der Waals surface area (Å²) in [6.45, 7) is -0.0341. The van der Waals surface area contributed by atoms with Crippen LogP contribution in [0.15, 0.2) is 29.4 Å². The van der Waals surface area contributed by atoms with Crippen LogP contribution in [0.1, 0.15) is 25.7 Å². The van der Waals surface area contributed by atoms with E-state index in [0.29, 0.717) is 18.5 Å². The van der Waals surface area contributed by atoms with E-state index in [2.05, 4.69) is 10.5 Å². The molecule has 6 heteroatoms. The van der Waals surface area contributed by atoms with Gasteiger partial charge in [-0.2, -0.15) is 0 Å². The third kappa shape index (κ3) is 4.31. The SMILES string of the molecule is O=C(COC1CCC(=NO)CC1)Nc1ccc(F)cc1. The number of amides is 1. The lowest BCUT2D eigenvalue weighted by atomic mass is 9.96. The summed E-state index contributed by atoms with van der Waals surface area (Å²) >= 11 is 0. The maximum atomic E-state index is 12.7. The van der Waals surface area contributed by atoms with Crippen molar-refractivity contribution < 1.29 is 19.1 Å². The first-order valence-corrected chi connectivity index (χ1v) is 6.54. The predicted octanol–water partition coefficient (Wildman–Crippen LogP) is 2.55. The molecule has 0 aliphatic heterocycles. The van der Waals surface area contributed by atoms with E-state index in [0.717, 1.165) is 18.6 Å². The molecule has 20 heavy (non-hydrogen) atoms. The Balaban J connectivity index is 1.71. The van der Waals surface area contributed by atoms with Crippen molar-refractivity contribution in [3.05, 3.63) is 30.1 Å². The van der Waals surface area contributed by atoms with Gasteiger partial charge in [-0.05, 0) is 49.9 Å². The summed E-state index contributed by atoms with van der Waals surface area (Å²) < 4.78 is 18.2. The smallest absolute Gasteiger partial charge is 0.250 e. The van der Waals surface area contributed by atoms with Crippen LogP contribution in [-0.4, -0.2) is 29.5 Å². The second-order valence-electron chi connectivity index (χ2n) is 4.73. The Bertz CT molecular complexity index is 478. The monoisotopic (exact) mass is 280 g/mol. The number of nitrogens with zero attached hydrogens (tertiary/aromatic N) is 1. The van der Waals surface area contributed by atoms with Crippen LogP contribution in [0.25, 0.3) is 0 Å². The number of carbonyl (C=O) groups excluding carboxylic acids is 1. The van der Waals surface area contributed by atoms with Gasteiger partial charge in [-0.1, -0.05) is 5.16 Å². The molecule has 0 unspecified atom stereocenters. The van der Waals surface area contributed by atoms with Gasteiger partial charge in [0.1, 0.15) is 12.4 Å². The highest BCUT2D eigenvalue weighted by atomic mass is 19.1. The molecule has 1 aliphatic rings. The van der Waals surface area contributed by atoms with E-state index in [1.807, 2.05) is 0 Å². The molecule has 1 aromatic rings. The summed E-state index contributed by atoms with van der Waals surface area (Å²) in [5.41, 5.74) is 1.32. The molecular weight excluding hydrogens is 263 g/mol. The molecular formula is C14H17FN2O3. The summed E-state index contributed by atoms with van der Waals surface area (Å²) in [6.07, 6.45) is 2.91. The summed E-state index contributed by atoms with van der Waals surface area (Å²) in [4.78, 5) is 11.7. The van der Waals surface area contributed by atoms with Crippen molar-refractivity contribution in [1.29, 1.82) is 0 Å². The number of halogens is 1. The van der Waals surface area contributed by atoms with Gasteiger partial charge in [-0.25, -0.2) is 4.39 Å². The van der Waals surface area contributed by atoms with Crippen LogP contribution in [0.2, 0.25) is 0 Å². The zero-order valence-corrected chi connectivity index (χ0v) is 11.0. The van der Waals surface area contributed by atoms with Crippen molar-refractivity contribution in [3.8, 4) is 0 Å². The number of benzene rings is 1. The van der Waals surface area contributed by atoms with E-state index in [-0.39, 0.29) is 24.4 Å². The average molecular weight is 280 g/mol. The highest BCUT2D eigenvalue weighted by Crippen LogP contribution is 2.19. The van der Waals surface area contributed by atoms with Gasteiger partial charge >= 0.3 is 0 Å². The number of rotatable bonds is 4. The van der Waals surface area contributed by atoms with Gasteiger partial charge in [0.2, 0.25) is 5.91 Å². The summed E-state index contributed by atoms with van der Waals surface area (Å²) in [5, 5.41) is 14.5. The van der Waals surface area contributed by atoms with Crippen LogP contribution in [-0.2, 0) is 9.53 Å². The third-order valence-corrected chi connectivity index (χ3v) is 3.23. The lowest BCUT2D eigenvalue weighted by molar-refractivity contribution is -0.122. The van der Waals surface area contributed by atoms with Crippen LogP contribution in [0.5, 0.6) is 0 Å². The molecule has 1 aliphatic carbocycles. The number of hydrogen-bond acceptors (Lipinski definition) is 4. The topological polar surface area (TPSA) is 70.9 Å². The molecule has 2 rings (SSSR count). The van der Waals surface area contributed by atoms with E-state index in [9.17, 15) is 9.18 Å². The summed E-state index contributed by atoms with van der Waals surface area (Å²) in [5.74, 6) is -0.610. The van der Waals surface area contributed by atoms with Gasteiger partial charge in [0.15, 0.2) is 0 Å². The first-order chi connectivity index (χ1) is 9.67. The minimum atomic E-state index is -0.345. The molecule has 1 fully saturated rings. The van der Waals surface area contributed by atoms with Crippen molar-refractivity contribution in [2.75, 3.05) is 11.9 Å². The van der Waals surface area contributed by atoms with Crippen LogP contribution in [0.3, 0.4) is 0 Å². The van der Waals surface area contributed by atoms with Crippen molar-refractivity contribution in [2.45, 2.75) is 31.8 Å². The predicted molar refractivity (Wildman–Crippen MR) is 72.5 cm³/mol. The average Bonchev–Trinajstić information content (AvgIpc) is 2.48. The van der Waals surface area contributed by atoms with E-state index in [1.165, 1.54) is 24.3 Å². The van der Waals surface area contributed by atoms with Gasteiger partial charge in [0, 0.05) is 5.69 Å². The Kier molecular flexibility index (Phi) is 5.06. The highest BCUT2D eigenvalue weighted by molar-refractivity contribution is 5.91. The highest BCUT2D eigenvalue weighted by Gasteiger charge is 2.19. The molecule has 1 aromatic carbocycles. The fraction of sp³-hybridized carbons (Fsp3) is 0.429. The Morgan fingerprint density at radius 2 is 2.00 bits per heavy atom. The molecule has 108 valence electrons. The molecule has 0 radical (unpaired) electrons. The normalized spacial score (nSPS) is 18.6. The number of anilines is 1. The largest absolute Gasteiger partial charge is 0.411 e. The van der Waals surface area contributed by atoms with Crippen molar-refractivity contribution in [3.63, 3.8) is 0 Å². The number of hydrogen-bond donors (Lipinski definition) is 2. The number of carbonyl (C=O) groups is 1. The van der Waals surface area contributed by atoms with Gasteiger partial charge in [-0.3, -0.25) is 4.79 Å². The maximum absolute atomic E-state index is 12.7. The van der Waals surface area contributed by atoms with E-state index >= 15 is 0 Å². The van der Waals surface area contributed by atoms with Gasteiger partial charge in [0.25, 0.3) is 0 Å². The van der Waals surface area contributed by atoms with Crippen LogP contribution >= 0.6 is 0 Å². The Morgan fingerprint density at radius 3 is 2.60 bits per heavy atom. The number of oxime groups is 1. The second-order valence-corrected chi connectivity index (χ2v) is 4.73. The quantitative estimate of drug-likeness (QED) is 0.657. The molecule has 0 spiro atoms. The molecule has 5 nitrogen and oxygen atoms in total. The molecule has 1 saturated carbocycles. The molecule has 0 bridgehead atoms. The molecule has 0 atom stereocenters. The maximum Gasteiger partial charge on any atom is 0.250 e. The summed E-state index contributed by atoms with van der Waals surface area (Å²) in [6, 6.07) is 5.57. The molecule has 0 saturated heterocycles. The lowest BCUT2D eigenvalue weighted by Gasteiger charge is -2.22. The lowest BCUT2D eigenvalue weighted by Crippen LogP contribution is -2.26. The second kappa shape index (κ2) is 7.00. The van der Waals surface area contributed by atoms with Crippen molar-refractivity contribution in [2.24, 2.45) is 5.16 Å². The molecule has 1 amide bonds. The zero-order chi connectivity index (χ0) is 14.4. The number of ether oxygens (including phenoxy) is 1. The van der Waals surface area contributed by atoms with Gasteiger partial charge < -0.3 is 15.3 Å².